The van der Waals surface area contributed by atoms with E-state index < -0.39 is 12.0 Å². The van der Waals surface area contributed by atoms with Crippen LogP contribution in [0.2, 0.25) is 0 Å². The molecular formula is C24H24N2O3S2. The van der Waals surface area contributed by atoms with E-state index in [2.05, 4.69) is 10.3 Å². The fraction of sp³-hybridized carbons (Fsp3) is 0.208. The molecule has 0 saturated carbocycles. The summed E-state index contributed by atoms with van der Waals surface area (Å²) in [5, 5.41) is 12.2. The number of carbonyl (C=O) groups is 2. The monoisotopic (exact) mass is 452 g/mol. The zero-order chi connectivity index (χ0) is 22.2. The molecule has 3 aromatic rings. The number of amides is 1. The molecule has 1 aromatic heterocycles. The van der Waals surface area contributed by atoms with Gasteiger partial charge in [-0.25, -0.2) is 4.79 Å². The van der Waals surface area contributed by atoms with Crippen molar-refractivity contribution in [1.82, 2.24) is 10.3 Å². The lowest BCUT2D eigenvalue weighted by Gasteiger charge is -2.17. The second-order valence-electron chi connectivity index (χ2n) is 7.00. The van der Waals surface area contributed by atoms with Crippen molar-refractivity contribution in [3.05, 3.63) is 75.7 Å². The summed E-state index contributed by atoms with van der Waals surface area (Å²) < 4.78 is 0. The third-order valence-corrected chi connectivity index (χ3v) is 6.21. The summed E-state index contributed by atoms with van der Waals surface area (Å²) in [7, 11) is 0. The predicted octanol–water partition coefficient (Wildman–Crippen LogP) is 5.23. The number of thiazole rings is 1. The van der Waals surface area contributed by atoms with E-state index in [0.717, 1.165) is 27.1 Å². The van der Waals surface area contributed by atoms with Gasteiger partial charge in [0.25, 0.3) is 5.91 Å². The van der Waals surface area contributed by atoms with E-state index in [1.807, 2.05) is 61.7 Å². The number of hydrogen-bond acceptors (Lipinski definition) is 5. The van der Waals surface area contributed by atoms with Crippen molar-refractivity contribution in [3.63, 3.8) is 0 Å². The molecular weight excluding hydrogens is 428 g/mol. The quantitative estimate of drug-likeness (QED) is 0.465. The van der Waals surface area contributed by atoms with Gasteiger partial charge in [0, 0.05) is 16.6 Å². The number of thioether (sulfide) groups is 1. The van der Waals surface area contributed by atoms with E-state index >= 15 is 0 Å². The molecule has 1 atom stereocenters. The number of carboxylic acid groups (broad SMARTS) is 1. The topological polar surface area (TPSA) is 79.3 Å². The Balaban J connectivity index is 1.97. The summed E-state index contributed by atoms with van der Waals surface area (Å²) in [6.07, 6.45) is 8.05. The van der Waals surface area contributed by atoms with Crippen LogP contribution in [-0.4, -0.2) is 40.0 Å². The minimum atomic E-state index is -1.02. The maximum absolute atomic E-state index is 13.1. The van der Waals surface area contributed by atoms with Crippen molar-refractivity contribution in [2.45, 2.75) is 19.4 Å². The number of nitrogens with zero attached hydrogens (tertiary/aromatic N) is 1. The average molecular weight is 453 g/mol. The van der Waals surface area contributed by atoms with Crippen molar-refractivity contribution >= 4 is 47.1 Å². The van der Waals surface area contributed by atoms with E-state index in [4.69, 9.17) is 0 Å². The Morgan fingerprint density at radius 1 is 1.19 bits per heavy atom. The summed E-state index contributed by atoms with van der Waals surface area (Å²) in [6.45, 7) is 2.00. The third kappa shape index (κ3) is 6.06. The number of hydrogen-bond donors (Lipinski definition) is 2. The van der Waals surface area contributed by atoms with Crippen molar-refractivity contribution in [1.29, 1.82) is 0 Å². The van der Waals surface area contributed by atoms with Crippen molar-refractivity contribution in [2.75, 3.05) is 12.0 Å². The molecule has 1 amide bonds. The van der Waals surface area contributed by atoms with Crippen LogP contribution in [-0.2, 0) is 4.79 Å². The van der Waals surface area contributed by atoms with E-state index in [-0.39, 0.29) is 5.91 Å². The Kier molecular flexibility index (Phi) is 8.03. The second-order valence-corrected chi connectivity index (χ2v) is 8.91. The second kappa shape index (κ2) is 10.9. The van der Waals surface area contributed by atoms with Crippen LogP contribution in [0, 0.1) is 6.92 Å². The maximum atomic E-state index is 13.1. The van der Waals surface area contributed by atoms with E-state index in [1.165, 1.54) is 0 Å². The summed E-state index contributed by atoms with van der Waals surface area (Å²) >= 11 is 3.10. The van der Waals surface area contributed by atoms with Crippen LogP contribution in [0.4, 0.5) is 0 Å². The minimum absolute atomic E-state index is 0.373. The van der Waals surface area contributed by atoms with Gasteiger partial charge < -0.3 is 10.4 Å². The highest BCUT2D eigenvalue weighted by Crippen LogP contribution is 2.29. The number of aliphatic carboxylic acids is 1. The van der Waals surface area contributed by atoms with Crippen LogP contribution in [0.15, 0.2) is 54.2 Å². The molecule has 0 unspecified atom stereocenters. The van der Waals surface area contributed by atoms with Gasteiger partial charge in [-0.05, 0) is 65.8 Å². The van der Waals surface area contributed by atoms with Crippen LogP contribution in [0.5, 0.6) is 0 Å². The fourth-order valence-electron chi connectivity index (χ4n) is 3.18. The highest BCUT2D eigenvalue weighted by Gasteiger charge is 2.22. The Morgan fingerprint density at radius 2 is 2.00 bits per heavy atom. The first-order valence-electron chi connectivity index (χ1n) is 9.79. The number of carboxylic acids is 1. The SMILES string of the molecule is CSCC[C@H](NC(=O)c1ccc(C=Cc2cncs2)cc1-c1ccccc1C)C(=O)O. The van der Waals surface area contributed by atoms with E-state index in [9.17, 15) is 14.7 Å². The Hall–Kier alpha value is -2.90. The fourth-order valence-corrected chi connectivity index (χ4v) is 4.16. The molecule has 2 N–H and O–H groups in total. The lowest BCUT2D eigenvalue weighted by Crippen LogP contribution is -2.41. The standard InChI is InChI=1S/C24H24N2O3S2/c1-16-5-3-4-6-19(16)21-13-17(7-9-18-14-25-15-31-18)8-10-20(21)23(27)26-22(24(28)29)11-12-30-2/h3-10,13-15,22H,11-12H2,1-2H3,(H,26,27)(H,28,29)/t22-/m0/s1. The normalized spacial score (nSPS) is 12.1. The average Bonchev–Trinajstić information content (AvgIpc) is 3.29. The van der Waals surface area contributed by atoms with Crippen LogP contribution in [0.3, 0.4) is 0 Å². The Labute approximate surface area is 190 Å². The molecule has 0 fully saturated rings. The summed E-state index contributed by atoms with van der Waals surface area (Å²) in [5.74, 6) is -0.753. The molecule has 0 spiro atoms. The molecule has 5 nitrogen and oxygen atoms in total. The van der Waals surface area contributed by atoms with Gasteiger partial charge in [0.05, 0.1) is 5.51 Å². The number of benzene rings is 2. The summed E-state index contributed by atoms with van der Waals surface area (Å²) in [4.78, 5) is 29.8. The number of carbonyl (C=O) groups excluding carboxylic acids is 1. The smallest absolute Gasteiger partial charge is 0.326 e. The van der Waals surface area contributed by atoms with Crippen molar-refractivity contribution < 1.29 is 14.7 Å². The van der Waals surface area contributed by atoms with Crippen LogP contribution >= 0.6 is 23.1 Å². The molecule has 0 bridgehead atoms. The maximum Gasteiger partial charge on any atom is 0.326 e. The summed E-state index contributed by atoms with van der Waals surface area (Å²) in [5.41, 5.74) is 5.94. The molecule has 1 heterocycles. The zero-order valence-electron chi connectivity index (χ0n) is 17.4. The number of rotatable bonds is 9. The van der Waals surface area contributed by atoms with Crippen LogP contribution in [0.1, 0.15) is 32.8 Å². The van der Waals surface area contributed by atoms with Gasteiger partial charge in [0.15, 0.2) is 0 Å². The minimum Gasteiger partial charge on any atom is -0.480 e. The molecule has 0 aliphatic heterocycles. The molecule has 0 saturated heterocycles. The Bertz CT molecular complexity index is 1080. The molecule has 3 rings (SSSR count). The van der Waals surface area contributed by atoms with E-state index in [0.29, 0.717) is 17.7 Å². The van der Waals surface area contributed by atoms with Crippen molar-refractivity contribution in [2.24, 2.45) is 0 Å². The van der Waals surface area contributed by atoms with Gasteiger partial charge in [0.1, 0.15) is 6.04 Å². The van der Waals surface area contributed by atoms with Crippen LogP contribution < -0.4 is 5.32 Å². The zero-order valence-corrected chi connectivity index (χ0v) is 19.0. The first-order valence-corrected chi connectivity index (χ1v) is 12.1. The molecule has 2 aromatic carbocycles. The predicted molar refractivity (Wildman–Crippen MR) is 130 cm³/mol. The van der Waals surface area contributed by atoms with Gasteiger partial charge >= 0.3 is 5.97 Å². The van der Waals surface area contributed by atoms with Gasteiger partial charge in [-0.1, -0.05) is 36.4 Å². The van der Waals surface area contributed by atoms with Crippen molar-refractivity contribution in [3.8, 4) is 11.1 Å². The molecule has 160 valence electrons. The third-order valence-electron chi connectivity index (χ3n) is 4.83. The first kappa shape index (κ1) is 22.8. The molecule has 7 heteroatoms. The Morgan fingerprint density at radius 3 is 2.68 bits per heavy atom. The van der Waals surface area contributed by atoms with Crippen LogP contribution in [0.25, 0.3) is 23.3 Å². The van der Waals surface area contributed by atoms with Gasteiger partial charge in [-0.15, -0.1) is 11.3 Å². The lowest BCUT2D eigenvalue weighted by atomic mass is 9.93. The molecule has 31 heavy (non-hydrogen) atoms. The highest BCUT2D eigenvalue weighted by atomic mass is 32.2. The number of aryl methyl sites for hydroxylation is 1. The first-order chi connectivity index (χ1) is 15.0. The molecule has 0 aliphatic rings. The molecule has 0 radical (unpaired) electrons. The lowest BCUT2D eigenvalue weighted by molar-refractivity contribution is -0.139. The number of nitrogens with one attached hydrogen (secondary N) is 1. The highest BCUT2D eigenvalue weighted by molar-refractivity contribution is 7.98. The van der Waals surface area contributed by atoms with Gasteiger partial charge in [-0.2, -0.15) is 11.8 Å². The van der Waals surface area contributed by atoms with E-state index in [1.54, 1.807) is 40.9 Å². The van der Waals surface area contributed by atoms with Gasteiger partial charge in [-0.3, -0.25) is 9.78 Å². The molecule has 0 aliphatic carbocycles. The summed E-state index contributed by atoms with van der Waals surface area (Å²) in [6, 6.07) is 12.5. The largest absolute Gasteiger partial charge is 0.480 e. The number of aromatic nitrogens is 1. The van der Waals surface area contributed by atoms with Gasteiger partial charge in [0.2, 0.25) is 0 Å².